The Morgan fingerprint density at radius 3 is 2.24 bits per heavy atom. The van der Waals surface area contributed by atoms with Gasteiger partial charge < -0.3 is 14.4 Å². The minimum absolute atomic E-state index is 0.231. The molecule has 0 bridgehead atoms. The monoisotopic (exact) mass is 458 g/mol. The number of hydrogen-bond acceptors (Lipinski definition) is 5. The Balaban J connectivity index is 1.58. The van der Waals surface area contributed by atoms with Gasteiger partial charge in [-0.25, -0.2) is 19.3 Å². The van der Waals surface area contributed by atoms with E-state index in [0.717, 1.165) is 24.2 Å². The number of carbonyl (C=O) groups is 1. The third kappa shape index (κ3) is 5.46. The van der Waals surface area contributed by atoms with E-state index in [1.54, 1.807) is 42.0 Å². The smallest absolute Gasteiger partial charge is 0.278 e. The molecule has 8 heteroatoms. The fourth-order valence-electron chi connectivity index (χ4n) is 3.67. The summed E-state index contributed by atoms with van der Waals surface area (Å²) < 4.78 is 15.4. The third-order valence-corrected chi connectivity index (χ3v) is 5.52. The maximum Gasteiger partial charge on any atom is 0.278 e. The van der Waals surface area contributed by atoms with Gasteiger partial charge in [-0.05, 0) is 43.7 Å². The zero-order valence-corrected chi connectivity index (χ0v) is 19.3. The van der Waals surface area contributed by atoms with Gasteiger partial charge in [0.1, 0.15) is 11.5 Å². The second-order valence-corrected chi connectivity index (χ2v) is 7.85. The van der Waals surface area contributed by atoms with E-state index in [9.17, 15) is 9.18 Å². The number of amides is 1. The number of nitrogens with zero attached hydrogens (tertiary/aromatic N) is 6. The largest absolute Gasteiger partial charge is 0.341 e. The summed E-state index contributed by atoms with van der Waals surface area (Å²) in [4.78, 5) is 30.3. The van der Waals surface area contributed by atoms with E-state index in [0.29, 0.717) is 23.9 Å². The lowest BCUT2D eigenvalue weighted by molar-refractivity contribution is 0.0980. The van der Waals surface area contributed by atoms with Gasteiger partial charge in [-0.15, -0.1) is 0 Å². The summed E-state index contributed by atoms with van der Waals surface area (Å²) in [5.74, 6) is -0.00509. The molecule has 1 amide bonds. The normalized spacial score (nSPS) is 10.8. The highest BCUT2D eigenvalue weighted by atomic mass is 19.1. The lowest BCUT2D eigenvalue weighted by Crippen LogP contribution is -2.31. The van der Waals surface area contributed by atoms with Gasteiger partial charge in [0.2, 0.25) is 5.95 Å². The molecule has 4 aromatic rings. The van der Waals surface area contributed by atoms with Crippen molar-refractivity contribution in [2.45, 2.75) is 26.9 Å². The van der Waals surface area contributed by atoms with Gasteiger partial charge >= 0.3 is 0 Å². The molecule has 0 radical (unpaired) electrons. The van der Waals surface area contributed by atoms with Crippen LogP contribution in [0.4, 0.5) is 16.0 Å². The van der Waals surface area contributed by atoms with Gasteiger partial charge in [-0.1, -0.05) is 30.3 Å². The average Bonchev–Trinajstić information content (AvgIpc) is 3.33. The Kier molecular flexibility index (Phi) is 7.27. The molecule has 34 heavy (non-hydrogen) atoms. The summed E-state index contributed by atoms with van der Waals surface area (Å²) in [5.41, 5.74) is 2.75. The van der Waals surface area contributed by atoms with Crippen molar-refractivity contribution in [3.05, 3.63) is 102 Å². The van der Waals surface area contributed by atoms with Crippen LogP contribution in [0.15, 0.2) is 79.5 Å². The summed E-state index contributed by atoms with van der Waals surface area (Å²) in [7, 11) is 0. The van der Waals surface area contributed by atoms with Crippen molar-refractivity contribution in [3.63, 3.8) is 0 Å². The molecule has 0 saturated heterocycles. The van der Waals surface area contributed by atoms with E-state index >= 15 is 0 Å². The van der Waals surface area contributed by atoms with Gasteiger partial charge in [-0.3, -0.25) is 4.79 Å². The zero-order chi connectivity index (χ0) is 23.9. The molecular formula is C26H27FN6O. The van der Waals surface area contributed by atoms with Crippen LogP contribution in [0.5, 0.6) is 0 Å². The van der Waals surface area contributed by atoms with Crippen LogP contribution in [-0.4, -0.2) is 38.5 Å². The first-order valence-corrected chi connectivity index (χ1v) is 11.3. The molecule has 4 rings (SSSR count). The number of imidazole rings is 1. The summed E-state index contributed by atoms with van der Waals surface area (Å²) in [5, 5.41) is 0. The minimum Gasteiger partial charge on any atom is -0.341 e. The van der Waals surface area contributed by atoms with Crippen LogP contribution in [0.3, 0.4) is 0 Å². The predicted octanol–water partition coefficient (Wildman–Crippen LogP) is 4.55. The van der Waals surface area contributed by atoms with Crippen molar-refractivity contribution < 1.29 is 9.18 Å². The first-order chi connectivity index (χ1) is 16.6. The molecule has 0 N–H and O–H groups in total. The second-order valence-electron chi connectivity index (χ2n) is 7.85. The number of rotatable bonds is 9. The summed E-state index contributed by atoms with van der Waals surface area (Å²) >= 11 is 0. The maximum absolute atomic E-state index is 13.6. The number of carbonyl (C=O) groups excluding carboxylic acids is 1. The topological polar surface area (TPSA) is 67.2 Å². The number of anilines is 2. The fourth-order valence-corrected chi connectivity index (χ4v) is 3.67. The second kappa shape index (κ2) is 10.7. The zero-order valence-electron chi connectivity index (χ0n) is 19.3. The van der Waals surface area contributed by atoms with Crippen LogP contribution in [0, 0.1) is 5.82 Å². The molecule has 0 aliphatic carbocycles. The molecular weight excluding hydrogens is 431 g/mol. The molecule has 0 aliphatic rings. The molecule has 0 fully saturated rings. The number of benzene rings is 2. The number of aromatic nitrogens is 4. The molecule has 0 aliphatic heterocycles. The molecule has 2 heterocycles. The SMILES string of the molecule is CCN(CC)c1ncc(CN(C(=O)c2cn(Cc3ccccc3)cn2)c2ccc(F)cc2)cn1. The van der Waals surface area contributed by atoms with E-state index in [2.05, 4.69) is 15.0 Å². The summed E-state index contributed by atoms with van der Waals surface area (Å²) in [6, 6.07) is 15.8. The Hall–Kier alpha value is -4.07. The van der Waals surface area contributed by atoms with Crippen LogP contribution in [0.1, 0.15) is 35.5 Å². The van der Waals surface area contributed by atoms with Crippen molar-refractivity contribution in [2.75, 3.05) is 22.9 Å². The molecule has 0 atom stereocenters. The molecule has 2 aromatic carbocycles. The van der Waals surface area contributed by atoms with Crippen LogP contribution >= 0.6 is 0 Å². The Morgan fingerprint density at radius 1 is 0.912 bits per heavy atom. The maximum atomic E-state index is 13.6. The lowest BCUT2D eigenvalue weighted by atomic mass is 10.2. The van der Waals surface area contributed by atoms with Crippen LogP contribution in [-0.2, 0) is 13.1 Å². The first-order valence-electron chi connectivity index (χ1n) is 11.3. The predicted molar refractivity (Wildman–Crippen MR) is 130 cm³/mol. The van der Waals surface area contributed by atoms with E-state index in [1.165, 1.54) is 12.1 Å². The lowest BCUT2D eigenvalue weighted by Gasteiger charge is -2.23. The van der Waals surface area contributed by atoms with Crippen molar-refractivity contribution >= 4 is 17.5 Å². The van der Waals surface area contributed by atoms with Crippen molar-refractivity contribution in [3.8, 4) is 0 Å². The first kappa shape index (κ1) is 23.1. The van der Waals surface area contributed by atoms with Gasteiger partial charge in [0, 0.05) is 49.5 Å². The highest BCUT2D eigenvalue weighted by Gasteiger charge is 2.21. The number of hydrogen-bond donors (Lipinski definition) is 0. The van der Waals surface area contributed by atoms with Crippen LogP contribution in [0.2, 0.25) is 0 Å². The summed E-state index contributed by atoms with van der Waals surface area (Å²) in [6.07, 6.45) is 6.81. The van der Waals surface area contributed by atoms with Gasteiger partial charge in [-0.2, -0.15) is 0 Å². The molecule has 0 spiro atoms. The average molecular weight is 459 g/mol. The van der Waals surface area contributed by atoms with E-state index in [1.807, 2.05) is 53.6 Å². The highest BCUT2D eigenvalue weighted by molar-refractivity contribution is 6.04. The van der Waals surface area contributed by atoms with Gasteiger partial charge in [0.25, 0.3) is 5.91 Å². The van der Waals surface area contributed by atoms with Crippen LogP contribution in [0.25, 0.3) is 0 Å². The molecule has 7 nitrogen and oxygen atoms in total. The summed E-state index contributed by atoms with van der Waals surface area (Å²) in [6.45, 7) is 6.55. The number of halogens is 1. The molecule has 2 aromatic heterocycles. The van der Waals surface area contributed by atoms with E-state index in [-0.39, 0.29) is 18.3 Å². The van der Waals surface area contributed by atoms with Gasteiger partial charge in [0.15, 0.2) is 0 Å². The van der Waals surface area contributed by atoms with E-state index < -0.39 is 0 Å². The highest BCUT2D eigenvalue weighted by Crippen LogP contribution is 2.21. The standard InChI is InChI=1S/C26H27FN6O/c1-3-32(4-2)26-28-14-21(15-29-26)17-33(23-12-10-22(27)11-13-23)25(34)24-18-31(19-30-24)16-20-8-6-5-7-9-20/h5-15,18-19H,3-4,16-17H2,1-2H3. The Morgan fingerprint density at radius 2 is 1.59 bits per heavy atom. The minimum atomic E-state index is -0.366. The van der Waals surface area contributed by atoms with Crippen molar-refractivity contribution in [1.82, 2.24) is 19.5 Å². The molecule has 174 valence electrons. The third-order valence-electron chi connectivity index (χ3n) is 5.52. The van der Waals surface area contributed by atoms with Crippen molar-refractivity contribution in [1.29, 1.82) is 0 Å². The molecule has 0 unspecified atom stereocenters. The van der Waals surface area contributed by atoms with Crippen molar-refractivity contribution in [2.24, 2.45) is 0 Å². The molecule has 0 saturated carbocycles. The van der Waals surface area contributed by atoms with Crippen LogP contribution < -0.4 is 9.80 Å². The van der Waals surface area contributed by atoms with Gasteiger partial charge in [0.05, 0.1) is 12.9 Å². The quantitative estimate of drug-likeness (QED) is 0.368. The fraction of sp³-hybridized carbons (Fsp3) is 0.231. The Labute approximate surface area is 198 Å². The Bertz CT molecular complexity index is 1200. The van der Waals surface area contributed by atoms with E-state index in [4.69, 9.17) is 0 Å².